The molecule has 1 saturated carbocycles. The van der Waals surface area contributed by atoms with Gasteiger partial charge in [-0.2, -0.15) is 5.10 Å². The van der Waals surface area contributed by atoms with Crippen molar-refractivity contribution in [1.29, 1.82) is 0 Å². The molecule has 152 valence electrons. The number of nitrogens with one attached hydrogen (secondary N) is 2. The molecular weight excluding hydrogens is 376 g/mol. The maximum absolute atomic E-state index is 12.5. The maximum atomic E-state index is 12.5. The largest absolute Gasteiger partial charge is 0.490 e. The minimum absolute atomic E-state index is 0. The number of ether oxygens (including phenoxy) is 1. The van der Waals surface area contributed by atoms with E-state index in [0.29, 0.717) is 24.4 Å². The highest BCUT2D eigenvalue weighted by molar-refractivity contribution is 5.92. The number of halogens is 1. The van der Waals surface area contributed by atoms with Gasteiger partial charge in [-0.25, -0.2) is 0 Å². The van der Waals surface area contributed by atoms with Crippen molar-refractivity contribution in [3.8, 4) is 5.75 Å². The molecule has 2 aromatic rings. The Bertz CT molecular complexity index is 767. The first-order valence-corrected chi connectivity index (χ1v) is 10.1. The van der Waals surface area contributed by atoms with Crippen LogP contribution in [0.5, 0.6) is 5.75 Å². The fourth-order valence-corrected chi connectivity index (χ4v) is 3.94. The Labute approximate surface area is 172 Å². The van der Waals surface area contributed by atoms with Crippen LogP contribution < -0.4 is 15.4 Å². The lowest BCUT2D eigenvalue weighted by Gasteiger charge is -2.22. The summed E-state index contributed by atoms with van der Waals surface area (Å²) in [7, 11) is 0. The van der Waals surface area contributed by atoms with Gasteiger partial charge in [0.1, 0.15) is 11.4 Å². The van der Waals surface area contributed by atoms with Gasteiger partial charge in [-0.05, 0) is 57.2 Å². The molecule has 2 fully saturated rings. The number of hydrogen-bond donors (Lipinski definition) is 2. The smallest absolute Gasteiger partial charge is 0.272 e. The third kappa shape index (κ3) is 5.06. The predicted molar refractivity (Wildman–Crippen MR) is 111 cm³/mol. The molecule has 2 aliphatic rings. The lowest BCUT2D eigenvalue weighted by atomic mass is 10.1. The molecule has 6 nitrogen and oxygen atoms in total. The number of para-hydroxylation sites is 1. The number of hydrogen-bond acceptors (Lipinski definition) is 4. The van der Waals surface area contributed by atoms with E-state index >= 15 is 0 Å². The van der Waals surface area contributed by atoms with Crippen molar-refractivity contribution in [2.24, 2.45) is 0 Å². The topological polar surface area (TPSA) is 68.2 Å². The van der Waals surface area contributed by atoms with Gasteiger partial charge in [0.05, 0.1) is 12.1 Å². The number of carbonyl (C=O) groups excluding carboxylic acids is 1. The summed E-state index contributed by atoms with van der Waals surface area (Å²) in [5, 5.41) is 10.9. The molecular formula is C21H29ClN4O2. The molecule has 1 atom stereocenters. The van der Waals surface area contributed by atoms with E-state index in [4.69, 9.17) is 4.74 Å². The maximum Gasteiger partial charge on any atom is 0.272 e. The number of nitrogens with zero attached hydrogens (tertiary/aromatic N) is 2. The van der Waals surface area contributed by atoms with E-state index in [1.54, 1.807) is 6.07 Å². The molecule has 0 spiro atoms. The first-order chi connectivity index (χ1) is 13.3. The first-order valence-electron chi connectivity index (χ1n) is 10.1. The number of benzene rings is 1. The van der Waals surface area contributed by atoms with Crippen molar-refractivity contribution in [3.63, 3.8) is 0 Å². The number of aromatic nitrogens is 2. The summed E-state index contributed by atoms with van der Waals surface area (Å²) < 4.78 is 8.06. The Hall–Kier alpha value is -2.05. The first kappa shape index (κ1) is 20.7. The van der Waals surface area contributed by atoms with Crippen LogP contribution in [0.25, 0.3) is 0 Å². The number of carbonyl (C=O) groups is 1. The van der Waals surface area contributed by atoms with Crippen molar-refractivity contribution >= 4 is 18.3 Å². The van der Waals surface area contributed by atoms with Crippen molar-refractivity contribution < 1.29 is 9.53 Å². The van der Waals surface area contributed by atoms with Gasteiger partial charge in [0, 0.05) is 24.8 Å². The van der Waals surface area contributed by atoms with E-state index in [0.717, 1.165) is 50.1 Å². The molecule has 1 unspecified atom stereocenters. The van der Waals surface area contributed by atoms with E-state index in [1.165, 1.54) is 12.8 Å². The summed E-state index contributed by atoms with van der Waals surface area (Å²) in [6, 6.07) is 10.1. The van der Waals surface area contributed by atoms with Gasteiger partial charge in [0.2, 0.25) is 0 Å². The fraction of sp³-hybridized carbons (Fsp3) is 0.524. The second kappa shape index (κ2) is 9.94. The van der Waals surface area contributed by atoms with Gasteiger partial charge in [0.25, 0.3) is 5.91 Å². The molecule has 1 aromatic carbocycles. The van der Waals surface area contributed by atoms with E-state index in [1.807, 2.05) is 35.1 Å². The van der Waals surface area contributed by atoms with Crippen LogP contribution in [0.15, 0.2) is 36.5 Å². The summed E-state index contributed by atoms with van der Waals surface area (Å²) in [6.07, 6.45) is 9.17. The third-order valence-corrected chi connectivity index (χ3v) is 5.49. The van der Waals surface area contributed by atoms with Crippen molar-refractivity contribution in [2.45, 2.75) is 57.2 Å². The van der Waals surface area contributed by atoms with Crippen molar-refractivity contribution in [2.75, 3.05) is 13.1 Å². The van der Waals surface area contributed by atoms with Gasteiger partial charge in [-0.15, -0.1) is 12.4 Å². The molecule has 1 aliphatic heterocycles. The molecule has 0 radical (unpaired) electrons. The number of amides is 1. The van der Waals surface area contributed by atoms with Crippen LogP contribution in [0, 0.1) is 0 Å². The predicted octanol–water partition coefficient (Wildman–Crippen LogP) is 3.48. The molecule has 1 aromatic heterocycles. The zero-order valence-corrected chi connectivity index (χ0v) is 16.9. The average Bonchev–Trinajstić information content (AvgIpc) is 3.40. The van der Waals surface area contributed by atoms with Crippen molar-refractivity contribution in [1.82, 2.24) is 20.4 Å². The summed E-state index contributed by atoms with van der Waals surface area (Å²) in [4.78, 5) is 12.5. The average molecular weight is 405 g/mol. The normalized spacial score (nSPS) is 19.8. The van der Waals surface area contributed by atoms with Crippen LogP contribution >= 0.6 is 12.4 Å². The number of piperidine rings is 1. The molecule has 28 heavy (non-hydrogen) atoms. The zero-order chi connectivity index (χ0) is 18.5. The van der Waals surface area contributed by atoms with E-state index in [9.17, 15) is 4.79 Å². The van der Waals surface area contributed by atoms with Gasteiger partial charge in [0.15, 0.2) is 0 Å². The Morgan fingerprint density at radius 2 is 2.00 bits per heavy atom. The highest BCUT2D eigenvalue weighted by Gasteiger charge is 2.19. The van der Waals surface area contributed by atoms with Gasteiger partial charge in [-0.1, -0.05) is 18.2 Å². The van der Waals surface area contributed by atoms with E-state index < -0.39 is 0 Å². The highest BCUT2D eigenvalue weighted by Crippen LogP contribution is 2.26. The van der Waals surface area contributed by atoms with Crippen LogP contribution in [0.1, 0.15) is 60.6 Å². The number of rotatable bonds is 6. The summed E-state index contributed by atoms with van der Waals surface area (Å²) in [6.45, 7) is 2.42. The molecule has 2 N–H and O–H groups in total. The summed E-state index contributed by atoms with van der Waals surface area (Å²) >= 11 is 0. The summed E-state index contributed by atoms with van der Waals surface area (Å²) in [5.41, 5.74) is 1.48. The monoisotopic (exact) mass is 404 g/mol. The standard InChI is InChI=1S/C21H28N4O2.ClH/c26-21(19-11-13-25(24-19)17-7-5-12-22-15-17)23-14-16-6-1-4-10-20(16)27-18-8-2-3-9-18;/h1,4,6,10-11,13,17-18,22H,2-3,5,7-9,12,14-15H2,(H,23,26);1H. The second-order valence-corrected chi connectivity index (χ2v) is 7.50. The lowest BCUT2D eigenvalue weighted by Crippen LogP contribution is -2.32. The van der Waals surface area contributed by atoms with Crippen LogP contribution in [0.2, 0.25) is 0 Å². The third-order valence-electron chi connectivity index (χ3n) is 5.49. The molecule has 1 saturated heterocycles. The van der Waals surface area contributed by atoms with Crippen molar-refractivity contribution in [3.05, 3.63) is 47.8 Å². The molecule has 7 heteroatoms. The van der Waals surface area contributed by atoms with Crippen LogP contribution in [0.3, 0.4) is 0 Å². The minimum Gasteiger partial charge on any atom is -0.490 e. The minimum atomic E-state index is -0.145. The van der Waals surface area contributed by atoms with Gasteiger partial charge in [-0.3, -0.25) is 9.48 Å². The Morgan fingerprint density at radius 1 is 1.18 bits per heavy atom. The molecule has 0 bridgehead atoms. The van der Waals surface area contributed by atoms with Gasteiger partial charge >= 0.3 is 0 Å². The highest BCUT2D eigenvalue weighted by atomic mass is 35.5. The summed E-state index contributed by atoms with van der Waals surface area (Å²) in [5.74, 6) is 0.733. The quantitative estimate of drug-likeness (QED) is 0.773. The molecule has 2 heterocycles. The lowest BCUT2D eigenvalue weighted by molar-refractivity contribution is 0.0944. The molecule has 1 amide bonds. The van der Waals surface area contributed by atoms with Crippen LogP contribution in [-0.4, -0.2) is 34.9 Å². The zero-order valence-electron chi connectivity index (χ0n) is 16.1. The van der Waals surface area contributed by atoms with E-state index in [-0.39, 0.29) is 18.3 Å². The molecule has 4 rings (SSSR count). The van der Waals surface area contributed by atoms with Crippen LogP contribution in [0.4, 0.5) is 0 Å². The molecule has 1 aliphatic carbocycles. The SMILES string of the molecule is Cl.O=C(NCc1ccccc1OC1CCCC1)c1ccn(C2CCCNC2)n1. The Balaban J connectivity index is 0.00000225. The van der Waals surface area contributed by atoms with Crippen LogP contribution in [-0.2, 0) is 6.54 Å². The van der Waals surface area contributed by atoms with E-state index in [2.05, 4.69) is 15.7 Å². The van der Waals surface area contributed by atoms with Gasteiger partial charge < -0.3 is 15.4 Å². The Kier molecular flexibility index (Phi) is 7.34. The second-order valence-electron chi connectivity index (χ2n) is 7.50. The fourth-order valence-electron chi connectivity index (χ4n) is 3.94. The Morgan fingerprint density at radius 3 is 2.79 bits per heavy atom.